The van der Waals surface area contributed by atoms with E-state index in [-0.39, 0.29) is 0 Å². The highest BCUT2D eigenvalue weighted by Gasteiger charge is 2.28. The Kier molecular flexibility index (Phi) is 1.55. The van der Waals surface area contributed by atoms with Gasteiger partial charge in [0.2, 0.25) is 0 Å². The van der Waals surface area contributed by atoms with E-state index in [1.807, 2.05) is 0 Å². The first-order valence-electron chi connectivity index (χ1n) is 5.05. The van der Waals surface area contributed by atoms with Crippen molar-refractivity contribution < 1.29 is 0 Å². The van der Waals surface area contributed by atoms with Crippen LogP contribution in [0.5, 0.6) is 0 Å². The number of hydrogen-bond acceptors (Lipinski definition) is 0. The van der Waals surface area contributed by atoms with Gasteiger partial charge >= 0.3 is 0 Å². The van der Waals surface area contributed by atoms with Gasteiger partial charge in [0.1, 0.15) is 0 Å². The van der Waals surface area contributed by atoms with Crippen LogP contribution in [0.15, 0.2) is 47.6 Å². The second kappa shape index (κ2) is 2.73. The molecule has 0 fully saturated rings. The molecule has 65 valence electrons. The van der Waals surface area contributed by atoms with E-state index in [1.54, 1.807) is 5.57 Å². The van der Waals surface area contributed by atoms with Crippen LogP contribution >= 0.6 is 0 Å². The minimum absolute atomic E-state index is 0.670. The number of hydrogen-bond donors (Lipinski definition) is 0. The van der Waals surface area contributed by atoms with Gasteiger partial charge < -0.3 is 0 Å². The van der Waals surface area contributed by atoms with E-state index < -0.39 is 0 Å². The van der Waals surface area contributed by atoms with Crippen LogP contribution in [0.2, 0.25) is 0 Å². The standard InChI is InChI=1S/C13H13/c1-2-6-12-10(4-1)8-9-11-5-3-7-13(11)12/h1,3-5,7-10,12H,2,6H2. The van der Waals surface area contributed by atoms with E-state index >= 15 is 0 Å². The van der Waals surface area contributed by atoms with Gasteiger partial charge in [-0.3, -0.25) is 0 Å². The summed E-state index contributed by atoms with van der Waals surface area (Å²) < 4.78 is 0. The topological polar surface area (TPSA) is 0 Å². The summed E-state index contributed by atoms with van der Waals surface area (Å²) in [5.74, 6) is 1.43. The van der Waals surface area contributed by atoms with Crippen molar-refractivity contribution in [3.05, 3.63) is 54.0 Å². The molecule has 0 bridgehead atoms. The van der Waals surface area contributed by atoms with Gasteiger partial charge in [-0.05, 0) is 24.3 Å². The van der Waals surface area contributed by atoms with Gasteiger partial charge in [0.05, 0.1) is 0 Å². The van der Waals surface area contributed by atoms with E-state index in [0.29, 0.717) is 5.92 Å². The van der Waals surface area contributed by atoms with Crippen LogP contribution in [0, 0.1) is 18.3 Å². The number of allylic oxidation sites excluding steroid dienone is 8. The lowest BCUT2D eigenvalue weighted by Gasteiger charge is -2.30. The minimum atomic E-state index is 0.670. The lowest BCUT2D eigenvalue weighted by Crippen LogP contribution is -2.19. The van der Waals surface area contributed by atoms with E-state index in [4.69, 9.17) is 0 Å². The minimum Gasteiger partial charge on any atom is -0.0879 e. The third-order valence-electron chi connectivity index (χ3n) is 3.25. The molecule has 0 aromatic rings. The molecular formula is C13H13. The molecule has 13 heavy (non-hydrogen) atoms. The molecule has 0 heteroatoms. The predicted molar refractivity (Wildman–Crippen MR) is 55.0 cm³/mol. The average Bonchev–Trinajstić information content (AvgIpc) is 2.65. The SMILES string of the molecule is [CH]1C=CC2=C1C1CCC=CC1C=C2. The molecule has 0 aromatic carbocycles. The highest BCUT2D eigenvalue weighted by Crippen LogP contribution is 2.40. The second-order valence-electron chi connectivity index (χ2n) is 3.98. The zero-order valence-corrected chi connectivity index (χ0v) is 7.61. The summed E-state index contributed by atoms with van der Waals surface area (Å²) in [6.45, 7) is 0. The summed E-state index contributed by atoms with van der Waals surface area (Å²) in [5, 5.41) is 0. The fourth-order valence-electron chi connectivity index (χ4n) is 2.57. The third kappa shape index (κ3) is 1.05. The van der Waals surface area contributed by atoms with E-state index in [2.05, 4.69) is 42.9 Å². The molecule has 1 radical (unpaired) electrons. The van der Waals surface area contributed by atoms with Crippen LogP contribution in [0.3, 0.4) is 0 Å². The maximum Gasteiger partial charge on any atom is 0.00930 e. The lowest BCUT2D eigenvalue weighted by molar-refractivity contribution is 0.469. The predicted octanol–water partition coefficient (Wildman–Crippen LogP) is 3.21. The molecule has 0 heterocycles. The van der Waals surface area contributed by atoms with Gasteiger partial charge in [-0.1, -0.05) is 42.0 Å². The molecule has 0 aliphatic heterocycles. The number of rotatable bonds is 0. The Balaban J connectivity index is 2.00. The lowest BCUT2D eigenvalue weighted by atomic mass is 9.74. The Morgan fingerprint density at radius 3 is 3.15 bits per heavy atom. The van der Waals surface area contributed by atoms with Crippen molar-refractivity contribution >= 4 is 0 Å². The van der Waals surface area contributed by atoms with E-state index in [0.717, 1.165) is 5.92 Å². The Hall–Kier alpha value is -1.04. The summed E-state index contributed by atoms with van der Waals surface area (Å²) in [5.41, 5.74) is 3.01. The molecule has 0 saturated carbocycles. The van der Waals surface area contributed by atoms with Crippen LogP contribution in [0.25, 0.3) is 0 Å². The Morgan fingerprint density at radius 2 is 2.15 bits per heavy atom. The van der Waals surface area contributed by atoms with Gasteiger partial charge in [0.15, 0.2) is 0 Å². The molecule has 0 amide bonds. The van der Waals surface area contributed by atoms with Gasteiger partial charge in [0, 0.05) is 12.3 Å². The van der Waals surface area contributed by atoms with Crippen molar-refractivity contribution in [3.8, 4) is 0 Å². The van der Waals surface area contributed by atoms with E-state index in [1.165, 1.54) is 18.4 Å². The normalized spacial score (nSPS) is 35.1. The maximum absolute atomic E-state index is 2.36. The molecule has 0 aromatic heterocycles. The summed E-state index contributed by atoms with van der Waals surface area (Å²) in [4.78, 5) is 0. The van der Waals surface area contributed by atoms with Crippen molar-refractivity contribution in [1.29, 1.82) is 0 Å². The highest BCUT2D eigenvalue weighted by molar-refractivity contribution is 5.52. The van der Waals surface area contributed by atoms with E-state index in [9.17, 15) is 0 Å². The molecule has 0 saturated heterocycles. The molecule has 0 spiro atoms. The molecule has 3 aliphatic rings. The van der Waals surface area contributed by atoms with Crippen LogP contribution in [-0.4, -0.2) is 0 Å². The Morgan fingerprint density at radius 1 is 1.15 bits per heavy atom. The monoisotopic (exact) mass is 169 g/mol. The van der Waals surface area contributed by atoms with Crippen molar-refractivity contribution in [2.75, 3.05) is 0 Å². The largest absolute Gasteiger partial charge is 0.0879 e. The van der Waals surface area contributed by atoms with Crippen molar-refractivity contribution in [2.24, 2.45) is 11.8 Å². The molecule has 3 rings (SSSR count). The van der Waals surface area contributed by atoms with Crippen molar-refractivity contribution in [2.45, 2.75) is 12.8 Å². The number of fused-ring (bicyclic) bond motifs is 2. The first kappa shape index (κ1) is 7.37. The van der Waals surface area contributed by atoms with Crippen LogP contribution < -0.4 is 0 Å². The van der Waals surface area contributed by atoms with Crippen molar-refractivity contribution in [3.63, 3.8) is 0 Å². The van der Waals surface area contributed by atoms with Gasteiger partial charge in [-0.25, -0.2) is 0 Å². The molecule has 0 nitrogen and oxygen atoms in total. The molecule has 3 aliphatic carbocycles. The smallest absolute Gasteiger partial charge is 0.00930 e. The highest BCUT2D eigenvalue weighted by atomic mass is 14.3. The summed E-state index contributed by atoms with van der Waals surface area (Å²) in [6.07, 6.45) is 18.6. The zero-order valence-electron chi connectivity index (χ0n) is 7.61. The van der Waals surface area contributed by atoms with Crippen LogP contribution in [0.4, 0.5) is 0 Å². The maximum atomic E-state index is 2.36. The Bertz CT molecular complexity index is 339. The molecular weight excluding hydrogens is 156 g/mol. The average molecular weight is 169 g/mol. The molecule has 0 N–H and O–H groups in total. The summed E-state index contributed by atoms with van der Waals surface area (Å²) in [6, 6.07) is 0. The Labute approximate surface area is 79.3 Å². The molecule has 2 unspecified atom stereocenters. The third-order valence-corrected chi connectivity index (χ3v) is 3.25. The summed E-state index contributed by atoms with van der Waals surface area (Å²) >= 11 is 0. The van der Waals surface area contributed by atoms with Gasteiger partial charge in [0.25, 0.3) is 0 Å². The summed E-state index contributed by atoms with van der Waals surface area (Å²) in [7, 11) is 0. The molecule has 2 atom stereocenters. The fraction of sp³-hybridized carbons (Fsp3) is 0.308. The van der Waals surface area contributed by atoms with Crippen LogP contribution in [0.1, 0.15) is 12.8 Å². The second-order valence-corrected chi connectivity index (χ2v) is 3.98. The quantitative estimate of drug-likeness (QED) is 0.488. The first-order valence-corrected chi connectivity index (χ1v) is 5.05. The van der Waals surface area contributed by atoms with Crippen LogP contribution in [-0.2, 0) is 0 Å². The fourth-order valence-corrected chi connectivity index (χ4v) is 2.57. The zero-order chi connectivity index (χ0) is 8.67. The van der Waals surface area contributed by atoms with Gasteiger partial charge in [-0.15, -0.1) is 0 Å². The van der Waals surface area contributed by atoms with Gasteiger partial charge in [-0.2, -0.15) is 0 Å². The van der Waals surface area contributed by atoms with Crippen molar-refractivity contribution in [1.82, 2.24) is 0 Å². The first-order chi connectivity index (χ1) is 6.45.